The molecule has 0 unspecified atom stereocenters. The van der Waals surface area contributed by atoms with Gasteiger partial charge in [0.2, 0.25) is 0 Å². The van der Waals surface area contributed by atoms with Crippen molar-refractivity contribution < 1.29 is 23.0 Å². The van der Waals surface area contributed by atoms with Crippen LogP contribution in [-0.4, -0.2) is 29.4 Å². The van der Waals surface area contributed by atoms with E-state index < -0.39 is 12.5 Å². The molecule has 0 saturated carbocycles. The van der Waals surface area contributed by atoms with Crippen molar-refractivity contribution in [2.24, 2.45) is 0 Å². The summed E-state index contributed by atoms with van der Waals surface area (Å²) in [6, 6.07) is 13.7. The molecule has 1 aromatic heterocycles. The van der Waals surface area contributed by atoms with Gasteiger partial charge in [0.05, 0.1) is 13.7 Å². The maximum absolute atomic E-state index is 12.5. The molecule has 1 heterocycles. The molecule has 0 aliphatic carbocycles. The molecule has 0 bridgehead atoms. The summed E-state index contributed by atoms with van der Waals surface area (Å²) >= 11 is 0. The van der Waals surface area contributed by atoms with Crippen molar-refractivity contribution in [2.75, 3.05) is 7.11 Å². The molecule has 0 saturated heterocycles. The third-order valence-electron chi connectivity index (χ3n) is 4.02. The zero-order valence-electron chi connectivity index (χ0n) is 15.1. The van der Waals surface area contributed by atoms with Crippen LogP contribution in [-0.2, 0) is 13.1 Å². The maximum Gasteiger partial charge on any atom is 0.387 e. The van der Waals surface area contributed by atoms with Crippen molar-refractivity contribution in [3.05, 3.63) is 77.6 Å². The van der Waals surface area contributed by atoms with Gasteiger partial charge in [-0.15, -0.1) is 0 Å². The van der Waals surface area contributed by atoms with Crippen molar-refractivity contribution >= 4 is 5.91 Å². The van der Waals surface area contributed by atoms with Crippen LogP contribution in [0, 0.1) is 0 Å². The number of hydrogen-bond acceptors (Lipinski definition) is 4. The highest BCUT2D eigenvalue weighted by atomic mass is 19.3. The Kier molecular flexibility index (Phi) is 6.21. The maximum atomic E-state index is 12.5. The minimum Gasteiger partial charge on any atom is -0.493 e. The summed E-state index contributed by atoms with van der Waals surface area (Å²) in [5.41, 5.74) is 2.20. The monoisotopic (exact) mass is 387 g/mol. The molecule has 146 valence electrons. The number of amides is 1. The van der Waals surface area contributed by atoms with Crippen molar-refractivity contribution in [2.45, 2.75) is 19.7 Å². The minimum absolute atomic E-state index is 0.129. The van der Waals surface area contributed by atoms with E-state index in [0.29, 0.717) is 13.1 Å². The molecular weight excluding hydrogens is 368 g/mol. The Morgan fingerprint density at radius 3 is 2.54 bits per heavy atom. The first-order chi connectivity index (χ1) is 13.5. The first-order valence-corrected chi connectivity index (χ1v) is 8.51. The standard InChI is InChI=1S/C20H19F2N3O3/c1-27-17-8-7-16(11-18(17)28-20(21)22)19(26)23-12-14-3-5-15(6-4-14)13-25-10-2-9-24-25/h2-11,20H,12-13H2,1H3,(H,23,26). The molecule has 6 nitrogen and oxygen atoms in total. The molecule has 0 atom stereocenters. The van der Waals surface area contributed by atoms with Gasteiger partial charge in [0.1, 0.15) is 0 Å². The van der Waals surface area contributed by atoms with Crippen LogP contribution in [0.2, 0.25) is 0 Å². The fraction of sp³-hybridized carbons (Fsp3) is 0.200. The largest absolute Gasteiger partial charge is 0.493 e. The normalized spacial score (nSPS) is 10.7. The van der Waals surface area contributed by atoms with Gasteiger partial charge in [-0.2, -0.15) is 13.9 Å². The SMILES string of the molecule is COc1ccc(C(=O)NCc2ccc(Cn3cccn3)cc2)cc1OC(F)F. The second-order valence-corrected chi connectivity index (χ2v) is 5.95. The van der Waals surface area contributed by atoms with Crippen LogP contribution in [0.3, 0.4) is 0 Å². The zero-order chi connectivity index (χ0) is 19.9. The highest BCUT2D eigenvalue weighted by Crippen LogP contribution is 2.29. The molecule has 0 spiro atoms. The number of aromatic nitrogens is 2. The molecule has 1 amide bonds. The molecule has 2 aromatic carbocycles. The first kappa shape index (κ1) is 19.3. The number of nitrogens with one attached hydrogen (secondary N) is 1. The lowest BCUT2D eigenvalue weighted by Gasteiger charge is -2.12. The van der Waals surface area contributed by atoms with Crippen molar-refractivity contribution in [1.29, 1.82) is 0 Å². The second-order valence-electron chi connectivity index (χ2n) is 5.95. The van der Waals surface area contributed by atoms with E-state index in [9.17, 15) is 13.6 Å². The topological polar surface area (TPSA) is 65.4 Å². The van der Waals surface area contributed by atoms with Gasteiger partial charge in [-0.3, -0.25) is 9.48 Å². The number of halogens is 2. The summed E-state index contributed by atoms with van der Waals surface area (Å²) in [5, 5.41) is 6.92. The number of nitrogens with zero attached hydrogens (tertiary/aromatic N) is 2. The third kappa shape index (κ3) is 5.06. The van der Waals surface area contributed by atoms with E-state index in [4.69, 9.17) is 4.74 Å². The van der Waals surface area contributed by atoms with Crippen LogP contribution < -0.4 is 14.8 Å². The fourth-order valence-corrected chi connectivity index (χ4v) is 2.63. The smallest absolute Gasteiger partial charge is 0.387 e. The van der Waals surface area contributed by atoms with E-state index in [2.05, 4.69) is 15.2 Å². The van der Waals surface area contributed by atoms with Crippen LogP contribution in [0.5, 0.6) is 11.5 Å². The number of methoxy groups -OCH3 is 1. The van der Waals surface area contributed by atoms with Gasteiger partial charge in [-0.1, -0.05) is 24.3 Å². The average molecular weight is 387 g/mol. The van der Waals surface area contributed by atoms with Crippen LogP contribution in [0.1, 0.15) is 21.5 Å². The quantitative estimate of drug-likeness (QED) is 0.643. The van der Waals surface area contributed by atoms with Gasteiger partial charge < -0.3 is 14.8 Å². The lowest BCUT2D eigenvalue weighted by Crippen LogP contribution is -2.23. The lowest BCUT2D eigenvalue weighted by atomic mass is 10.1. The second kappa shape index (κ2) is 8.98. The fourth-order valence-electron chi connectivity index (χ4n) is 2.63. The van der Waals surface area contributed by atoms with Gasteiger partial charge in [-0.05, 0) is 35.4 Å². The highest BCUT2D eigenvalue weighted by Gasteiger charge is 2.14. The number of hydrogen-bond donors (Lipinski definition) is 1. The summed E-state index contributed by atoms with van der Waals surface area (Å²) < 4.78 is 36.2. The number of carbonyl (C=O) groups excluding carboxylic acids is 1. The molecule has 3 rings (SSSR count). The Hall–Kier alpha value is -3.42. The van der Waals surface area contributed by atoms with E-state index in [0.717, 1.165) is 11.1 Å². The molecule has 0 aliphatic rings. The van der Waals surface area contributed by atoms with Gasteiger partial charge in [0.25, 0.3) is 5.91 Å². The predicted octanol–water partition coefficient (Wildman–Crippen LogP) is 3.47. The molecular formula is C20H19F2N3O3. The zero-order valence-corrected chi connectivity index (χ0v) is 15.1. The molecule has 3 aromatic rings. The predicted molar refractivity (Wildman–Crippen MR) is 98.6 cm³/mol. The van der Waals surface area contributed by atoms with Gasteiger partial charge in [0.15, 0.2) is 11.5 Å². The van der Waals surface area contributed by atoms with Crippen molar-refractivity contribution in [1.82, 2.24) is 15.1 Å². The third-order valence-corrected chi connectivity index (χ3v) is 4.02. The molecule has 1 N–H and O–H groups in total. The minimum atomic E-state index is -3.01. The first-order valence-electron chi connectivity index (χ1n) is 8.51. The van der Waals surface area contributed by atoms with E-state index in [-0.39, 0.29) is 17.1 Å². The van der Waals surface area contributed by atoms with E-state index in [1.165, 1.54) is 25.3 Å². The molecule has 0 fully saturated rings. The van der Waals surface area contributed by atoms with E-state index >= 15 is 0 Å². The number of ether oxygens (including phenoxy) is 2. The van der Waals surface area contributed by atoms with E-state index in [1.54, 1.807) is 6.20 Å². The van der Waals surface area contributed by atoms with Gasteiger partial charge in [0, 0.05) is 24.5 Å². The summed E-state index contributed by atoms with van der Waals surface area (Å²) in [6.45, 7) is -2.04. The van der Waals surface area contributed by atoms with Crippen LogP contribution in [0.25, 0.3) is 0 Å². The summed E-state index contributed by atoms with van der Waals surface area (Å²) in [7, 11) is 1.34. The lowest BCUT2D eigenvalue weighted by molar-refractivity contribution is -0.0512. The van der Waals surface area contributed by atoms with Gasteiger partial charge >= 0.3 is 6.61 Å². The summed E-state index contributed by atoms with van der Waals surface area (Å²) in [6.07, 6.45) is 3.61. The van der Waals surface area contributed by atoms with E-state index in [1.807, 2.05) is 41.2 Å². The Bertz CT molecular complexity index is 913. The summed E-state index contributed by atoms with van der Waals surface area (Å²) in [4.78, 5) is 12.3. The van der Waals surface area contributed by atoms with Crippen molar-refractivity contribution in [3.63, 3.8) is 0 Å². The number of benzene rings is 2. The number of alkyl halides is 2. The molecule has 0 aliphatic heterocycles. The van der Waals surface area contributed by atoms with Crippen molar-refractivity contribution in [3.8, 4) is 11.5 Å². The molecule has 0 radical (unpaired) electrons. The Morgan fingerprint density at radius 2 is 1.89 bits per heavy atom. The Balaban J connectivity index is 1.60. The van der Waals surface area contributed by atoms with Crippen LogP contribution in [0.4, 0.5) is 8.78 Å². The Morgan fingerprint density at radius 1 is 1.14 bits per heavy atom. The van der Waals surface area contributed by atoms with Crippen LogP contribution in [0.15, 0.2) is 60.9 Å². The number of rotatable bonds is 8. The molecule has 8 heteroatoms. The highest BCUT2D eigenvalue weighted by molar-refractivity contribution is 5.94. The average Bonchev–Trinajstić information content (AvgIpc) is 3.19. The molecule has 28 heavy (non-hydrogen) atoms. The Labute approximate surface area is 160 Å². The number of carbonyl (C=O) groups is 1. The van der Waals surface area contributed by atoms with Crippen LogP contribution >= 0.6 is 0 Å². The summed E-state index contributed by atoms with van der Waals surface area (Å²) in [5.74, 6) is -0.458. The van der Waals surface area contributed by atoms with Gasteiger partial charge in [-0.25, -0.2) is 0 Å².